The molecule has 2 aliphatic heterocycles. The Morgan fingerprint density at radius 1 is 1.07 bits per heavy atom. The molecule has 252 valence electrons. The molecule has 4 rings (SSSR count). The molecule has 2 fully saturated rings. The number of piperidine rings is 1. The number of nitriles is 1. The van der Waals surface area contributed by atoms with Crippen LogP contribution in [-0.2, 0) is 11.3 Å². The van der Waals surface area contributed by atoms with Gasteiger partial charge in [-0.05, 0) is 69.1 Å². The number of aliphatic carboxylic acids is 1. The number of carbonyl (C=O) groups is 2. The Bertz CT molecular complexity index is 1330. The third-order valence-corrected chi connectivity index (χ3v) is 7.83. The molecule has 0 spiro atoms. The number of alkyl halides is 3. The molecule has 11 nitrogen and oxygen atoms in total. The number of carboxylic acid groups (broad SMARTS) is 1. The fourth-order valence-corrected chi connectivity index (χ4v) is 5.47. The van der Waals surface area contributed by atoms with Crippen molar-refractivity contribution in [1.82, 2.24) is 30.1 Å². The van der Waals surface area contributed by atoms with Crippen molar-refractivity contribution in [1.29, 1.82) is 5.26 Å². The normalized spacial score (nSPS) is 16.3. The van der Waals surface area contributed by atoms with Crippen LogP contribution in [0.3, 0.4) is 0 Å². The standard InChI is InChI=1S/C29H41ClN8O.C2HF3O2/c1-23(2)21-38(28-26(30)20-32-27(19-31)33-28)34-29(39)25-9-6-8-24(18-25)22-37-16-14-36(15-17-37)13-7-12-35-10-4-3-5-11-35;3-2(4,5)1(6)7/h6,8-9,18,20,23H,3-5,7,10-17,21-22H2,1-2H3,(H,34,39);(H,6,7). The van der Waals surface area contributed by atoms with Gasteiger partial charge < -0.3 is 14.9 Å². The fraction of sp³-hybridized carbons (Fsp3) is 0.581. The van der Waals surface area contributed by atoms with Gasteiger partial charge in [0.2, 0.25) is 5.82 Å². The second-order valence-corrected chi connectivity index (χ2v) is 12.2. The van der Waals surface area contributed by atoms with Crippen molar-refractivity contribution < 1.29 is 27.9 Å². The Balaban J connectivity index is 0.000000738. The number of benzene rings is 1. The van der Waals surface area contributed by atoms with Crippen LogP contribution in [0.25, 0.3) is 0 Å². The van der Waals surface area contributed by atoms with Crippen molar-refractivity contribution in [3.63, 3.8) is 0 Å². The number of hydrazine groups is 1. The van der Waals surface area contributed by atoms with E-state index < -0.39 is 12.1 Å². The van der Waals surface area contributed by atoms with Gasteiger partial charge in [0.15, 0.2) is 5.82 Å². The Morgan fingerprint density at radius 2 is 1.67 bits per heavy atom. The summed E-state index contributed by atoms with van der Waals surface area (Å²) in [5.74, 6) is -2.47. The fourth-order valence-electron chi connectivity index (χ4n) is 5.28. The van der Waals surface area contributed by atoms with Gasteiger partial charge in [0.05, 0.1) is 6.20 Å². The predicted octanol–water partition coefficient (Wildman–Crippen LogP) is 4.44. The van der Waals surface area contributed by atoms with Crippen molar-refractivity contribution in [2.75, 3.05) is 63.9 Å². The molecule has 0 saturated carbocycles. The van der Waals surface area contributed by atoms with Crippen LogP contribution in [0.5, 0.6) is 0 Å². The van der Waals surface area contributed by atoms with Gasteiger partial charge >= 0.3 is 12.1 Å². The van der Waals surface area contributed by atoms with Crippen molar-refractivity contribution in [2.24, 2.45) is 5.92 Å². The summed E-state index contributed by atoms with van der Waals surface area (Å²) in [4.78, 5) is 38.0. The van der Waals surface area contributed by atoms with E-state index in [9.17, 15) is 23.2 Å². The Morgan fingerprint density at radius 3 is 2.26 bits per heavy atom. The number of hydrogen-bond acceptors (Lipinski definition) is 9. The average molecular weight is 667 g/mol. The second kappa shape index (κ2) is 18.0. The van der Waals surface area contributed by atoms with Gasteiger partial charge in [-0.25, -0.2) is 9.78 Å². The lowest BCUT2D eigenvalue weighted by Crippen LogP contribution is -2.46. The summed E-state index contributed by atoms with van der Waals surface area (Å²) in [6, 6.07) is 9.71. The van der Waals surface area contributed by atoms with E-state index in [-0.39, 0.29) is 22.7 Å². The molecule has 15 heteroatoms. The predicted molar refractivity (Wildman–Crippen MR) is 168 cm³/mol. The van der Waals surface area contributed by atoms with Crippen molar-refractivity contribution in [3.8, 4) is 6.07 Å². The first-order valence-corrected chi connectivity index (χ1v) is 15.8. The number of anilines is 1. The number of carbonyl (C=O) groups excluding carboxylic acids is 1. The zero-order valence-corrected chi connectivity index (χ0v) is 27.0. The Labute approximate surface area is 272 Å². The molecule has 3 heterocycles. The third-order valence-electron chi connectivity index (χ3n) is 7.57. The van der Waals surface area contributed by atoms with Crippen LogP contribution in [0.2, 0.25) is 5.02 Å². The summed E-state index contributed by atoms with van der Waals surface area (Å²) in [7, 11) is 0. The lowest BCUT2D eigenvalue weighted by atomic mass is 10.1. The number of carboxylic acids is 1. The van der Waals surface area contributed by atoms with Crippen LogP contribution < -0.4 is 10.4 Å². The maximum atomic E-state index is 13.2. The van der Waals surface area contributed by atoms with E-state index in [1.807, 2.05) is 38.1 Å². The molecule has 2 aromatic rings. The van der Waals surface area contributed by atoms with Crippen LogP contribution in [0, 0.1) is 17.2 Å². The number of halogens is 4. The molecule has 0 unspecified atom stereocenters. The van der Waals surface area contributed by atoms with Gasteiger partial charge in [0, 0.05) is 44.8 Å². The topological polar surface area (TPSA) is 129 Å². The highest BCUT2D eigenvalue weighted by Crippen LogP contribution is 2.22. The maximum absolute atomic E-state index is 13.2. The zero-order valence-electron chi connectivity index (χ0n) is 26.3. The summed E-state index contributed by atoms with van der Waals surface area (Å²) in [6.07, 6.45) is 1.67. The van der Waals surface area contributed by atoms with E-state index in [0.717, 1.165) is 38.3 Å². The number of aromatic nitrogens is 2. The summed E-state index contributed by atoms with van der Waals surface area (Å²) < 4.78 is 31.7. The smallest absolute Gasteiger partial charge is 0.475 e. The zero-order chi connectivity index (χ0) is 33.7. The van der Waals surface area contributed by atoms with E-state index in [4.69, 9.17) is 21.5 Å². The van der Waals surface area contributed by atoms with Crippen LogP contribution in [0.15, 0.2) is 30.5 Å². The lowest BCUT2D eigenvalue weighted by Gasteiger charge is -2.35. The third kappa shape index (κ3) is 12.4. The molecular formula is C31H42ClF3N8O3. The monoisotopic (exact) mass is 666 g/mol. The minimum Gasteiger partial charge on any atom is -0.475 e. The van der Waals surface area contributed by atoms with Crippen molar-refractivity contribution in [3.05, 3.63) is 52.4 Å². The quantitative estimate of drug-likeness (QED) is 0.332. The highest BCUT2D eigenvalue weighted by Gasteiger charge is 2.38. The number of likely N-dealkylation sites (tertiary alicyclic amines) is 1. The molecule has 1 aromatic carbocycles. The summed E-state index contributed by atoms with van der Waals surface area (Å²) in [6.45, 7) is 14.6. The SMILES string of the molecule is CC(C)CN(NC(=O)c1cccc(CN2CCN(CCCN3CCCCC3)CC2)c1)c1nc(C#N)ncc1Cl.O=C(O)C(F)(F)F. The summed E-state index contributed by atoms with van der Waals surface area (Å²) in [5.41, 5.74) is 4.63. The minimum absolute atomic E-state index is 0.00139. The molecular weight excluding hydrogens is 625 g/mol. The van der Waals surface area contributed by atoms with E-state index in [2.05, 4.69) is 36.2 Å². The van der Waals surface area contributed by atoms with Gasteiger partial charge in [-0.15, -0.1) is 0 Å². The molecule has 2 aliphatic rings. The van der Waals surface area contributed by atoms with Gasteiger partial charge in [-0.1, -0.05) is 44.0 Å². The summed E-state index contributed by atoms with van der Waals surface area (Å²) >= 11 is 6.33. The van der Waals surface area contributed by atoms with Crippen LogP contribution >= 0.6 is 11.6 Å². The molecule has 0 aliphatic carbocycles. The van der Waals surface area contributed by atoms with Crippen LogP contribution in [0.1, 0.15) is 61.3 Å². The largest absolute Gasteiger partial charge is 0.490 e. The van der Waals surface area contributed by atoms with Crippen molar-refractivity contribution >= 4 is 29.3 Å². The lowest BCUT2D eigenvalue weighted by molar-refractivity contribution is -0.192. The van der Waals surface area contributed by atoms with Crippen LogP contribution in [-0.4, -0.2) is 107 Å². The molecule has 1 amide bonds. The molecule has 2 N–H and O–H groups in total. The Hall–Kier alpha value is -3.51. The van der Waals surface area contributed by atoms with Gasteiger partial charge in [-0.3, -0.25) is 20.1 Å². The number of amides is 1. The molecule has 2 saturated heterocycles. The second-order valence-electron chi connectivity index (χ2n) is 11.8. The maximum Gasteiger partial charge on any atom is 0.490 e. The number of hydrogen-bond donors (Lipinski definition) is 2. The number of nitrogens with zero attached hydrogens (tertiary/aromatic N) is 7. The minimum atomic E-state index is -5.08. The average Bonchev–Trinajstić information content (AvgIpc) is 3.02. The highest BCUT2D eigenvalue weighted by atomic mass is 35.5. The van der Waals surface area contributed by atoms with E-state index in [1.54, 1.807) is 5.01 Å². The molecule has 1 aromatic heterocycles. The molecule has 0 atom stereocenters. The van der Waals surface area contributed by atoms with Gasteiger partial charge in [0.1, 0.15) is 11.1 Å². The van der Waals surface area contributed by atoms with E-state index in [1.165, 1.54) is 58.1 Å². The van der Waals surface area contributed by atoms with Gasteiger partial charge in [0.25, 0.3) is 5.91 Å². The summed E-state index contributed by atoms with van der Waals surface area (Å²) in [5, 5.41) is 18.2. The first-order valence-electron chi connectivity index (χ1n) is 15.4. The molecule has 0 bridgehead atoms. The number of piperazine rings is 1. The molecule has 46 heavy (non-hydrogen) atoms. The Kier molecular flexibility index (Phi) is 14.5. The first kappa shape index (κ1) is 37.0. The van der Waals surface area contributed by atoms with E-state index >= 15 is 0 Å². The van der Waals surface area contributed by atoms with Gasteiger partial charge in [-0.2, -0.15) is 23.4 Å². The molecule has 0 radical (unpaired) electrons. The number of nitrogens with one attached hydrogen (secondary N) is 1. The highest BCUT2D eigenvalue weighted by molar-refractivity contribution is 6.32. The first-order chi connectivity index (χ1) is 21.8. The van der Waals surface area contributed by atoms with Crippen LogP contribution in [0.4, 0.5) is 19.0 Å². The van der Waals surface area contributed by atoms with Crippen molar-refractivity contribution in [2.45, 2.75) is 52.3 Å². The van der Waals surface area contributed by atoms with E-state index in [0.29, 0.717) is 17.9 Å². The number of rotatable bonds is 11.